The lowest BCUT2D eigenvalue weighted by molar-refractivity contribution is -0.0564. The molecule has 0 amide bonds. The highest BCUT2D eigenvalue weighted by Gasteiger charge is 2.22. The van der Waals surface area contributed by atoms with Crippen molar-refractivity contribution in [3.63, 3.8) is 0 Å². The van der Waals surface area contributed by atoms with Crippen LogP contribution < -0.4 is 10.5 Å². The molecule has 0 aliphatic carbocycles. The second kappa shape index (κ2) is 6.21. The van der Waals surface area contributed by atoms with Gasteiger partial charge in [-0.05, 0) is 26.0 Å². The van der Waals surface area contributed by atoms with Crippen LogP contribution in [0.1, 0.15) is 13.8 Å². The molecule has 0 bridgehead atoms. The number of halogens is 1. The number of benzene rings is 1. The fourth-order valence-electron chi connectivity index (χ4n) is 2.10. The summed E-state index contributed by atoms with van der Waals surface area (Å²) in [5.41, 5.74) is 5.55. The van der Waals surface area contributed by atoms with E-state index in [1.807, 2.05) is 0 Å². The van der Waals surface area contributed by atoms with E-state index >= 15 is 0 Å². The van der Waals surface area contributed by atoms with Crippen molar-refractivity contribution in [3.8, 4) is 5.75 Å². The normalized spacial score (nSPS) is 20.7. The van der Waals surface area contributed by atoms with Crippen LogP contribution in [-0.4, -0.2) is 43.3 Å². The Morgan fingerprint density at radius 3 is 3.00 bits per heavy atom. The van der Waals surface area contributed by atoms with Gasteiger partial charge in [-0.15, -0.1) is 0 Å². The van der Waals surface area contributed by atoms with E-state index in [1.54, 1.807) is 6.07 Å². The summed E-state index contributed by atoms with van der Waals surface area (Å²) >= 11 is 0. The van der Waals surface area contributed by atoms with Gasteiger partial charge in [0, 0.05) is 25.2 Å². The van der Waals surface area contributed by atoms with E-state index in [1.165, 1.54) is 12.1 Å². The topological polar surface area (TPSA) is 47.7 Å². The number of ether oxygens (including phenoxy) is 2. The molecule has 106 valence electrons. The molecule has 1 aliphatic heterocycles. The van der Waals surface area contributed by atoms with E-state index in [0.717, 1.165) is 13.1 Å². The molecule has 1 aromatic rings. The third kappa shape index (κ3) is 3.81. The van der Waals surface area contributed by atoms with Gasteiger partial charge in [-0.25, -0.2) is 4.39 Å². The lowest BCUT2D eigenvalue weighted by Gasteiger charge is -2.35. The lowest BCUT2D eigenvalue weighted by atomic mass is 10.2. The van der Waals surface area contributed by atoms with Crippen LogP contribution in [0.15, 0.2) is 18.2 Å². The molecule has 5 heteroatoms. The molecule has 0 aromatic heterocycles. The van der Waals surface area contributed by atoms with Crippen molar-refractivity contribution in [3.05, 3.63) is 24.0 Å². The zero-order chi connectivity index (χ0) is 13.8. The number of nitrogen functional groups attached to an aromatic ring is 1. The van der Waals surface area contributed by atoms with Gasteiger partial charge in [0.05, 0.1) is 12.3 Å². The van der Waals surface area contributed by atoms with Crippen molar-refractivity contribution in [1.82, 2.24) is 4.90 Å². The van der Waals surface area contributed by atoms with Gasteiger partial charge in [-0.3, -0.25) is 4.90 Å². The van der Waals surface area contributed by atoms with Gasteiger partial charge in [0.1, 0.15) is 24.3 Å². The Balaban J connectivity index is 1.86. The molecule has 1 aliphatic rings. The molecule has 1 aromatic carbocycles. The van der Waals surface area contributed by atoms with E-state index < -0.39 is 5.82 Å². The number of morpholine rings is 1. The van der Waals surface area contributed by atoms with E-state index in [-0.39, 0.29) is 11.8 Å². The largest absolute Gasteiger partial charge is 0.491 e. The molecular weight excluding hydrogens is 247 g/mol. The molecule has 0 radical (unpaired) electrons. The van der Waals surface area contributed by atoms with Crippen LogP contribution in [0.4, 0.5) is 10.1 Å². The van der Waals surface area contributed by atoms with Gasteiger partial charge in [-0.1, -0.05) is 0 Å². The average Bonchev–Trinajstić information content (AvgIpc) is 2.40. The first kappa shape index (κ1) is 14.1. The molecule has 2 rings (SSSR count). The third-order valence-corrected chi connectivity index (χ3v) is 3.31. The SMILES string of the molecule is CC(C)N1CCOC(COc2ccc(N)c(F)c2)C1. The molecule has 0 spiro atoms. The van der Waals surface area contributed by atoms with Crippen molar-refractivity contribution in [2.45, 2.75) is 26.0 Å². The number of nitrogens with two attached hydrogens (primary N) is 1. The first-order valence-corrected chi connectivity index (χ1v) is 6.59. The maximum atomic E-state index is 13.3. The van der Waals surface area contributed by atoms with Gasteiger partial charge < -0.3 is 15.2 Å². The van der Waals surface area contributed by atoms with E-state index in [2.05, 4.69) is 18.7 Å². The minimum atomic E-state index is -0.453. The highest BCUT2D eigenvalue weighted by molar-refractivity contribution is 5.43. The zero-order valence-electron chi connectivity index (χ0n) is 11.4. The maximum absolute atomic E-state index is 13.3. The number of anilines is 1. The Morgan fingerprint density at radius 2 is 2.32 bits per heavy atom. The van der Waals surface area contributed by atoms with E-state index in [4.69, 9.17) is 15.2 Å². The molecule has 19 heavy (non-hydrogen) atoms. The highest BCUT2D eigenvalue weighted by Crippen LogP contribution is 2.19. The molecule has 2 N–H and O–H groups in total. The molecular formula is C14H21FN2O2. The fraction of sp³-hybridized carbons (Fsp3) is 0.571. The first-order valence-electron chi connectivity index (χ1n) is 6.59. The summed E-state index contributed by atoms with van der Waals surface area (Å²) in [7, 11) is 0. The number of nitrogens with zero attached hydrogens (tertiary/aromatic N) is 1. The predicted molar refractivity (Wildman–Crippen MR) is 72.8 cm³/mol. The van der Waals surface area contributed by atoms with Crippen LogP contribution in [-0.2, 0) is 4.74 Å². The summed E-state index contributed by atoms with van der Waals surface area (Å²) in [6.45, 7) is 7.26. The first-order chi connectivity index (χ1) is 9.06. The van der Waals surface area contributed by atoms with Gasteiger partial charge in [0.15, 0.2) is 0 Å². The number of hydrogen-bond donors (Lipinski definition) is 1. The Labute approximate surface area is 113 Å². The van der Waals surface area contributed by atoms with E-state index in [0.29, 0.717) is 25.0 Å². The van der Waals surface area contributed by atoms with E-state index in [9.17, 15) is 4.39 Å². The Bertz CT molecular complexity index is 426. The van der Waals surface area contributed by atoms with Crippen LogP contribution in [0.25, 0.3) is 0 Å². The summed E-state index contributed by atoms with van der Waals surface area (Å²) in [5, 5.41) is 0. The Morgan fingerprint density at radius 1 is 1.53 bits per heavy atom. The summed E-state index contributed by atoms with van der Waals surface area (Å²) in [6, 6.07) is 4.98. The minimum absolute atomic E-state index is 0.0248. The fourth-order valence-corrected chi connectivity index (χ4v) is 2.10. The lowest BCUT2D eigenvalue weighted by Crippen LogP contribution is -2.47. The average molecular weight is 268 g/mol. The monoisotopic (exact) mass is 268 g/mol. The van der Waals surface area contributed by atoms with Gasteiger partial charge >= 0.3 is 0 Å². The second-order valence-electron chi connectivity index (χ2n) is 5.08. The highest BCUT2D eigenvalue weighted by atomic mass is 19.1. The Kier molecular flexibility index (Phi) is 4.61. The van der Waals surface area contributed by atoms with Gasteiger partial charge in [0.25, 0.3) is 0 Å². The third-order valence-electron chi connectivity index (χ3n) is 3.31. The van der Waals surface area contributed by atoms with Crippen LogP contribution in [0, 0.1) is 5.82 Å². The molecule has 4 nitrogen and oxygen atoms in total. The van der Waals surface area contributed by atoms with Crippen molar-refractivity contribution in [2.75, 3.05) is 32.0 Å². The summed E-state index contributed by atoms with van der Waals surface area (Å²) < 4.78 is 24.5. The van der Waals surface area contributed by atoms with Crippen molar-refractivity contribution < 1.29 is 13.9 Å². The maximum Gasteiger partial charge on any atom is 0.149 e. The summed E-state index contributed by atoms with van der Waals surface area (Å²) in [4.78, 5) is 2.35. The van der Waals surface area contributed by atoms with Crippen LogP contribution in [0.2, 0.25) is 0 Å². The quantitative estimate of drug-likeness (QED) is 0.847. The molecule has 1 unspecified atom stereocenters. The van der Waals surface area contributed by atoms with Crippen molar-refractivity contribution >= 4 is 5.69 Å². The van der Waals surface area contributed by atoms with Crippen LogP contribution in [0.5, 0.6) is 5.75 Å². The van der Waals surface area contributed by atoms with Gasteiger partial charge in [-0.2, -0.15) is 0 Å². The molecule has 0 saturated carbocycles. The van der Waals surface area contributed by atoms with Crippen molar-refractivity contribution in [2.24, 2.45) is 0 Å². The minimum Gasteiger partial charge on any atom is -0.491 e. The standard InChI is InChI=1S/C14H21FN2O2/c1-10(2)17-5-6-18-12(8-17)9-19-11-3-4-14(16)13(15)7-11/h3-4,7,10,12H,5-6,8-9,16H2,1-2H3. The smallest absolute Gasteiger partial charge is 0.149 e. The summed E-state index contributed by atoms with van der Waals surface area (Å²) in [5.74, 6) is 0.0304. The van der Waals surface area contributed by atoms with Crippen LogP contribution in [0.3, 0.4) is 0 Å². The van der Waals surface area contributed by atoms with Gasteiger partial charge in [0.2, 0.25) is 0 Å². The molecule has 1 fully saturated rings. The summed E-state index contributed by atoms with van der Waals surface area (Å²) in [6.07, 6.45) is 0.0248. The predicted octanol–water partition coefficient (Wildman–Crippen LogP) is 1.90. The molecule has 1 atom stereocenters. The Hall–Kier alpha value is -1.33. The zero-order valence-corrected chi connectivity index (χ0v) is 11.4. The van der Waals surface area contributed by atoms with Crippen LogP contribution >= 0.6 is 0 Å². The molecule has 1 heterocycles. The number of rotatable bonds is 4. The van der Waals surface area contributed by atoms with Crippen molar-refractivity contribution in [1.29, 1.82) is 0 Å². The number of hydrogen-bond acceptors (Lipinski definition) is 4. The second-order valence-corrected chi connectivity index (χ2v) is 5.08. The molecule has 1 saturated heterocycles.